The van der Waals surface area contributed by atoms with Gasteiger partial charge in [0.25, 0.3) is 5.91 Å². The summed E-state index contributed by atoms with van der Waals surface area (Å²) in [6.07, 6.45) is 0. The predicted octanol–water partition coefficient (Wildman–Crippen LogP) is 3.96. The van der Waals surface area contributed by atoms with Gasteiger partial charge in [-0.3, -0.25) is 9.59 Å². The summed E-state index contributed by atoms with van der Waals surface area (Å²) in [5, 5.41) is 14.9. The number of rotatable bonds is 9. The Kier molecular flexibility index (Phi) is 8.67. The first-order valence-electron chi connectivity index (χ1n) is 10.4. The molecular formula is C23H24ClN5O4S. The van der Waals surface area contributed by atoms with Gasteiger partial charge in [0, 0.05) is 6.54 Å². The van der Waals surface area contributed by atoms with E-state index in [0.29, 0.717) is 33.8 Å². The maximum absolute atomic E-state index is 12.6. The largest absolute Gasteiger partial charge is 0.465 e. The first-order chi connectivity index (χ1) is 16.3. The van der Waals surface area contributed by atoms with Gasteiger partial charge in [-0.2, -0.15) is 0 Å². The minimum atomic E-state index is -0.535. The highest BCUT2D eigenvalue weighted by Gasteiger charge is 2.21. The topological polar surface area (TPSA) is 115 Å². The molecule has 11 heteroatoms. The number of para-hydroxylation sites is 1. The Balaban J connectivity index is 1.65. The van der Waals surface area contributed by atoms with Crippen LogP contribution in [-0.4, -0.2) is 45.4 Å². The Labute approximate surface area is 206 Å². The number of methoxy groups -OCH3 is 1. The van der Waals surface area contributed by atoms with Crippen LogP contribution in [0.2, 0.25) is 5.02 Å². The van der Waals surface area contributed by atoms with Crippen LogP contribution >= 0.6 is 23.4 Å². The van der Waals surface area contributed by atoms with Gasteiger partial charge in [0.1, 0.15) is 0 Å². The molecule has 2 N–H and O–H groups in total. The third-order valence-corrected chi connectivity index (χ3v) is 6.15. The summed E-state index contributed by atoms with van der Waals surface area (Å²) >= 11 is 7.32. The van der Waals surface area contributed by atoms with Gasteiger partial charge in [-0.25, -0.2) is 4.79 Å². The fourth-order valence-corrected chi connectivity index (χ4v) is 4.24. The molecule has 1 aromatic heterocycles. The first kappa shape index (κ1) is 25.3. The molecule has 3 rings (SSSR count). The molecular weight excluding hydrogens is 478 g/mol. The van der Waals surface area contributed by atoms with Crippen LogP contribution in [0.25, 0.3) is 0 Å². The summed E-state index contributed by atoms with van der Waals surface area (Å²) in [7, 11) is 1.28. The zero-order valence-corrected chi connectivity index (χ0v) is 20.4. The van der Waals surface area contributed by atoms with Crippen molar-refractivity contribution >= 4 is 46.8 Å². The second kappa shape index (κ2) is 11.7. The first-order valence-corrected chi connectivity index (χ1v) is 11.8. The highest BCUT2D eigenvalue weighted by atomic mass is 35.5. The summed E-state index contributed by atoms with van der Waals surface area (Å²) in [6, 6.07) is 13.0. The SMILES string of the molecule is CCn1c(SCC(=O)Nc2ccccc2C(=O)OC)nnc1[C@@H](C)NC(=O)c1ccccc1Cl. The Hall–Kier alpha value is -3.37. The highest BCUT2D eigenvalue weighted by molar-refractivity contribution is 7.99. The van der Waals surface area contributed by atoms with E-state index in [2.05, 4.69) is 20.8 Å². The fourth-order valence-electron chi connectivity index (χ4n) is 3.21. The van der Waals surface area contributed by atoms with Crippen molar-refractivity contribution in [2.24, 2.45) is 0 Å². The number of amides is 2. The van der Waals surface area contributed by atoms with Crippen LogP contribution in [-0.2, 0) is 16.1 Å². The number of thioether (sulfide) groups is 1. The number of halogens is 1. The van der Waals surface area contributed by atoms with Crippen molar-refractivity contribution in [1.82, 2.24) is 20.1 Å². The Morgan fingerprint density at radius 2 is 1.76 bits per heavy atom. The van der Waals surface area contributed by atoms with E-state index in [4.69, 9.17) is 16.3 Å². The van der Waals surface area contributed by atoms with Crippen molar-refractivity contribution in [1.29, 1.82) is 0 Å². The predicted molar refractivity (Wildman–Crippen MR) is 130 cm³/mol. The molecule has 1 heterocycles. The lowest BCUT2D eigenvalue weighted by Crippen LogP contribution is -2.29. The van der Waals surface area contributed by atoms with Crippen LogP contribution in [0.1, 0.15) is 46.4 Å². The Morgan fingerprint density at radius 3 is 2.44 bits per heavy atom. The van der Waals surface area contributed by atoms with Crippen LogP contribution in [0.3, 0.4) is 0 Å². The molecule has 3 aromatic rings. The Morgan fingerprint density at radius 1 is 1.09 bits per heavy atom. The number of carbonyl (C=O) groups excluding carboxylic acids is 3. The van der Waals surface area contributed by atoms with Crippen molar-refractivity contribution in [2.45, 2.75) is 31.6 Å². The van der Waals surface area contributed by atoms with Crippen LogP contribution < -0.4 is 10.6 Å². The van der Waals surface area contributed by atoms with E-state index in [-0.39, 0.29) is 23.1 Å². The fraction of sp³-hybridized carbons (Fsp3) is 0.261. The van der Waals surface area contributed by atoms with Gasteiger partial charge in [-0.05, 0) is 38.1 Å². The van der Waals surface area contributed by atoms with Gasteiger partial charge < -0.3 is 19.9 Å². The van der Waals surface area contributed by atoms with Gasteiger partial charge in [-0.15, -0.1) is 10.2 Å². The monoisotopic (exact) mass is 501 g/mol. The van der Waals surface area contributed by atoms with Gasteiger partial charge in [0.2, 0.25) is 5.91 Å². The van der Waals surface area contributed by atoms with E-state index >= 15 is 0 Å². The van der Waals surface area contributed by atoms with E-state index in [1.807, 2.05) is 11.5 Å². The number of ether oxygens (including phenoxy) is 1. The van der Waals surface area contributed by atoms with E-state index < -0.39 is 12.0 Å². The summed E-state index contributed by atoms with van der Waals surface area (Å²) in [5.74, 6) is -0.558. The van der Waals surface area contributed by atoms with Gasteiger partial charge in [0.05, 0.1) is 40.7 Å². The molecule has 0 unspecified atom stereocenters. The molecule has 9 nitrogen and oxygen atoms in total. The number of esters is 1. The molecule has 2 aromatic carbocycles. The van der Waals surface area contributed by atoms with Crippen LogP contribution in [0.15, 0.2) is 53.7 Å². The van der Waals surface area contributed by atoms with Crippen molar-refractivity contribution in [3.63, 3.8) is 0 Å². The van der Waals surface area contributed by atoms with Crippen LogP contribution in [0.4, 0.5) is 5.69 Å². The quantitative estimate of drug-likeness (QED) is 0.337. The van der Waals surface area contributed by atoms with Gasteiger partial charge in [-0.1, -0.05) is 47.6 Å². The van der Waals surface area contributed by atoms with Crippen LogP contribution in [0, 0.1) is 0 Å². The zero-order chi connectivity index (χ0) is 24.7. The molecule has 34 heavy (non-hydrogen) atoms. The molecule has 0 aliphatic rings. The number of nitrogens with zero attached hydrogens (tertiary/aromatic N) is 3. The van der Waals surface area contributed by atoms with Crippen molar-refractivity contribution in [3.05, 3.63) is 70.5 Å². The molecule has 2 amide bonds. The molecule has 0 saturated carbocycles. The minimum absolute atomic E-state index is 0.0496. The Bertz CT molecular complexity index is 1200. The smallest absolute Gasteiger partial charge is 0.339 e. The molecule has 0 fully saturated rings. The van der Waals surface area contributed by atoms with Crippen molar-refractivity contribution < 1.29 is 19.1 Å². The number of benzene rings is 2. The van der Waals surface area contributed by atoms with Gasteiger partial charge >= 0.3 is 5.97 Å². The van der Waals surface area contributed by atoms with Gasteiger partial charge in [0.15, 0.2) is 11.0 Å². The number of hydrogen-bond donors (Lipinski definition) is 2. The summed E-state index contributed by atoms with van der Waals surface area (Å²) in [4.78, 5) is 37.0. The van der Waals surface area contributed by atoms with E-state index in [9.17, 15) is 14.4 Å². The second-order valence-corrected chi connectivity index (χ2v) is 8.48. The molecule has 0 saturated heterocycles. The van der Waals surface area contributed by atoms with E-state index in [0.717, 1.165) is 0 Å². The highest BCUT2D eigenvalue weighted by Crippen LogP contribution is 2.23. The second-order valence-electron chi connectivity index (χ2n) is 7.13. The molecule has 178 valence electrons. The third kappa shape index (κ3) is 5.95. The number of aromatic nitrogens is 3. The average molecular weight is 502 g/mol. The lowest BCUT2D eigenvalue weighted by molar-refractivity contribution is -0.113. The van der Waals surface area contributed by atoms with E-state index in [1.54, 1.807) is 55.5 Å². The molecule has 0 spiro atoms. The lowest BCUT2D eigenvalue weighted by Gasteiger charge is -2.15. The summed E-state index contributed by atoms with van der Waals surface area (Å²) in [6.45, 7) is 4.27. The maximum Gasteiger partial charge on any atom is 0.339 e. The number of hydrogen-bond acceptors (Lipinski definition) is 7. The maximum atomic E-state index is 12.6. The molecule has 0 aliphatic carbocycles. The normalized spacial score (nSPS) is 11.5. The number of anilines is 1. The standard InChI is InChI=1S/C23H24ClN5O4S/c1-4-29-20(14(2)25-21(31)15-9-5-7-11-17(15)24)27-28-23(29)34-13-19(30)26-18-12-8-6-10-16(18)22(32)33-3/h5-12,14H,4,13H2,1-3H3,(H,25,31)(H,26,30)/t14-/m1/s1. The average Bonchev–Trinajstić information content (AvgIpc) is 3.26. The third-order valence-electron chi connectivity index (χ3n) is 4.85. The van der Waals surface area contributed by atoms with Crippen molar-refractivity contribution in [3.8, 4) is 0 Å². The van der Waals surface area contributed by atoms with Crippen LogP contribution in [0.5, 0.6) is 0 Å². The lowest BCUT2D eigenvalue weighted by atomic mass is 10.2. The number of nitrogens with one attached hydrogen (secondary N) is 2. The van der Waals surface area contributed by atoms with Crippen molar-refractivity contribution in [2.75, 3.05) is 18.2 Å². The summed E-state index contributed by atoms with van der Waals surface area (Å²) in [5.41, 5.74) is 1.01. The summed E-state index contributed by atoms with van der Waals surface area (Å²) < 4.78 is 6.58. The zero-order valence-electron chi connectivity index (χ0n) is 18.9. The van der Waals surface area contributed by atoms with E-state index in [1.165, 1.54) is 18.9 Å². The molecule has 0 aliphatic heterocycles. The number of carbonyl (C=O) groups is 3. The molecule has 1 atom stereocenters. The molecule has 0 bridgehead atoms. The minimum Gasteiger partial charge on any atom is -0.465 e. The molecule has 0 radical (unpaired) electrons.